The van der Waals surface area contributed by atoms with Crippen molar-refractivity contribution in [2.75, 3.05) is 13.2 Å². The molecule has 0 aliphatic heterocycles. The molecule has 2 rings (SSSR count). The highest BCUT2D eigenvalue weighted by atomic mass is 16.5. The Bertz CT molecular complexity index is 517. The Hall–Kier alpha value is -2.13. The second kappa shape index (κ2) is 6.71. The number of hydrogen-bond acceptors (Lipinski definition) is 3. The number of ketones is 1. The molecule has 3 heteroatoms. The van der Waals surface area contributed by atoms with Crippen molar-refractivity contribution >= 4 is 5.78 Å². The van der Waals surface area contributed by atoms with Crippen LogP contribution < -0.4 is 4.74 Å². The first-order chi connectivity index (χ1) is 9.31. The molecule has 2 aromatic rings. The van der Waals surface area contributed by atoms with Crippen molar-refractivity contribution in [3.63, 3.8) is 0 Å². The van der Waals surface area contributed by atoms with E-state index in [0.29, 0.717) is 29.9 Å². The fourth-order valence-corrected chi connectivity index (χ4v) is 1.71. The van der Waals surface area contributed by atoms with Crippen LogP contribution in [-0.4, -0.2) is 24.1 Å². The van der Waals surface area contributed by atoms with E-state index in [0.717, 1.165) is 0 Å². The van der Waals surface area contributed by atoms with Gasteiger partial charge in [0.15, 0.2) is 5.78 Å². The standard InChI is InChI=1S/C16H16O3/c17-11-4-12-19-15-9-7-14(8-10-15)16(18)13-5-2-1-3-6-13/h1-3,5-10,17H,4,11-12H2. The van der Waals surface area contributed by atoms with Crippen molar-refractivity contribution in [1.29, 1.82) is 0 Å². The fourth-order valence-electron chi connectivity index (χ4n) is 1.71. The van der Waals surface area contributed by atoms with E-state index in [1.54, 1.807) is 36.4 Å². The molecule has 0 radical (unpaired) electrons. The van der Waals surface area contributed by atoms with Crippen LogP contribution in [0.1, 0.15) is 22.3 Å². The van der Waals surface area contributed by atoms with Gasteiger partial charge in [-0.1, -0.05) is 30.3 Å². The van der Waals surface area contributed by atoms with Crippen LogP contribution in [0.2, 0.25) is 0 Å². The van der Waals surface area contributed by atoms with Gasteiger partial charge in [-0.25, -0.2) is 0 Å². The molecule has 0 heterocycles. The molecule has 19 heavy (non-hydrogen) atoms. The summed E-state index contributed by atoms with van der Waals surface area (Å²) < 4.78 is 5.42. The van der Waals surface area contributed by atoms with Gasteiger partial charge in [-0.05, 0) is 24.3 Å². The van der Waals surface area contributed by atoms with Gasteiger partial charge in [0.05, 0.1) is 6.61 Å². The third kappa shape index (κ3) is 3.66. The fraction of sp³-hybridized carbons (Fsp3) is 0.188. The van der Waals surface area contributed by atoms with Crippen molar-refractivity contribution in [3.8, 4) is 5.75 Å². The highest BCUT2D eigenvalue weighted by molar-refractivity contribution is 6.08. The highest BCUT2D eigenvalue weighted by Gasteiger charge is 2.08. The molecule has 0 amide bonds. The number of carbonyl (C=O) groups is 1. The first-order valence-electron chi connectivity index (χ1n) is 6.25. The molecule has 0 aromatic heterocycles. The van der Waals surface area contributed by atoms with E-state index < -0.39 is 0 Å². The average Bonchev–Trinajstić information content (AvgIpc) is 2.48. The zero-order valence-electron chi connectivity index (χ0n) is 10.6. The largest absolute Gasteiger partial charge is 0.494 e. The van der Waals surface area contributed by atoms with Gasteiger partial charge in [-0.2, -0.15) is 0 Å². The van der Waals surface area contributed by atoms with Gasteiger partial charge in [0.25, 0.3) is 0 Å². The monoisotopic (exact) mass is 256 g/mol. The molecule has 0 aliphatic rings. The van der Waals surface area contributed by atoms with Crippen LogP contribution in [-0.2, 0) is 0 Å². The number of aliphatic hydroxyl groups is 1. The molecule has 3 nitrogen and oxygen atoms in total. The zero-order chi connectivity index (χ0) is 13.5. The Morgan fingerprint density at radius 3 is 2.21 bits per heavy atom. The summed E-state index contributed by atoms with van der Waals surface area (Å²) in [5.74, 6) is 0.709. The quantitative estimate of drug-likeness (QED) is 0.638. The lowest BCUT2D eigenvalue weighted by Crippen LogP contribution is -2.02. The molecule has 0 spiro atoms. The Morgan fingerprint density at radius 1 is 0.947 bits per heavy atom. The maximum Gasteiger partial charge on any atom is 0.193 e. The second-order valence-corrected chi connectivity index (χ2v) is 4.15. The van der Waals surface area contributed by atoms with Crippen molar-refractivity contribution in [2.45, 2.75) is 6.42 Å². The minimum absolute atomic E-state index is 0.00232. The van der Waals surface area contributed by atoms with Crippen molar-refractivity contribution < 1.29 is 14.6 Å². The summed E-state index contributed by atoms with van der Waals surface area (Å²) in [6.45, 7) is 0.590. The number of hydrogen-bond donors (Lipinski definition) is 1. The maximum absolute atomic E-state index is 12.1. The molecule has 0 fully saturated rings. The highest BCUT2D eigenvalue weighted by Crippen LogP contribution is 2.15. The third-order valence-electron chi connectivity index (χ3n) is 2.72. The van der Waals surface area contributed by atoms with Gasteiger partial charge >= 0.3 is 0 Å². The zero-order valence-corrected chi connectivity index (χ0v) is 10.6. The first kappa shape index (κ1) is 13.3. The number of carbonyl (C=O) groups excluding carboxylic acids is 1. The van der Waals surface area contributed by atoms with Gasteiger partial charge < -0.3 is 9.84 Å². The lowest BCUT2D eigenvalue weighted by atomic mass is 10.0. The third-order valence-corrected chi connectivity index (χ3v) is 2.72. The minimum atomic E-state index is 0.00232. The summed E-state index contributed by atoms with van der Waals surface area (Å²) in [5.41, 5.74) is 1.32. The summed E-state index contributed by atoms with van der Waals surface area (Å²) in [6, 6.07) is 16.2. The Morgan fingerprint density at radius 2 is 1.58 bits per heavy atom. The van der Waals surface area contributed by atoms with Crippen LogP contribution in [0.25, 0.3) is 0 Å². The molecule has 98 valence electrons. The van der Waals surface area contributed by atoms with Gasteiger partial charge in [0.1, 0.15) is 5.75 Å². The van der Waals surface area contributed by atoms with Crippen molar-refractivity contribution in [1.82, 2.24) is 0 Å². The number of ether oxygens (including phenoxy) is 1. The smallest absolute Gasteiger partial charge is 0.193 e. The number of benzene rings is 2. The number of rotatable bonds is 6. The van der Waals surface area contributed by atoms with Crippen LogP contribution in [0, 0.1) is 0 Å². The van der Waals surface area contributed by atoms with Crippen LogP contribution in [0.5, 0.6) is 5.75 Å². The predicted molar refractivity (Wildman–Crippen MR) is 73.5 cm³/mol. The summed E-state index contributed by atoms with van der Waals surface area (Å²) in [5, 5.41) is 8.66. The molecular weight excluding hydrogens is 240 g/mol. The molecule has 1 N–H and O–H groups in total. The SMILES string of the molecule is O=C(c1ccccc1)c1ccc(OCCCO)cc1. The van der Waals surface area contributed by atoms with Crippen molar-refractivity contribution in [2.24, 2.45) is 0 Å². The molecule has 0 saturated carbocycles. The van der Waals surface area contributed by atoms with Gasteiger partial charge in [0.2, 0.25) is 0 Å². The average molecular weight is 256 g/mol. The van der Waals surface area contributed by atoms with Crippen LogP contribution >= 0.6 is 0 Å². The summed E-state index contributed by atoms with van der Waals surface area (Å²) in [7, 11) is 0. The topological polar surface area (TPSA) is 46.5 Å². The van der Waals surface area contributed by atoms with E-state index in [2.05, 4.69) is 0 Å². The molecule has 0 saturated heterocycles. The van der Waals surface area contributed by atoms with E-state index in [-0.39, 0.29) is 12.4 Å². The van der Waals surface area contributed by atoms with E-state index in [9.17, 15) is 4.79 Å². The molecule has 0 aliphatic carbocycles. The maximum atomic E-state index is 12.1. The van der Waals surface area contributed by atoms with E-state index in [1.807, 2.05) is 18.2 Å². The van der Waals surface area contributed by atoms with Crippen molar-refractivity contribution in [3.05, 3.63) is 65.7 Å². The van der Waals surface area contributed by atoms with E-state index in [4.69, 9.17) is 9.84 Å². The second-order valence-electron chi connectivity index (χ2n) is 4.15. The normalized spacial score (nSPS) is 10.2. The lowest BCUT2D eigenvalue weighted by Gasteiger charge is -2.06. The lowest BCUT2D eigenvalue weighted by molar-refractivity contribution is 0.103. The predicted octanol–water partition coefficient (Wildman–Crippen LogP) is 2.68. The molecule has 0 bridgehead atoms. The van der Waals surface area contributed by atoms with Crippen LogP contribution in [0.3, 0.4) is 0 Å². The van der Waals surface area contributed by atoms with E-state index >= 15 is 0 Å². The molecule has 0 unspecified atom stereocenters. The molecule has 2 aromatic carbocycles. The number of aliphatic hydroxyl groups excluding tert-OH is 1. The van der Waals surface area contributed by atoms with Gasteiger partial charge in [0, 0.05) is 24.2 Å². The summed E-state index contributed by atoms with van der Waals surface area (Å²) in [4.78, 5) is 12.1. The van der Waals surface area contributed by atoms with E-state index in [1.165, 1.54) is 0 Å². The summed E-state index contributed by atoms with van der Waals surface area (Å²) in [6.07, 6.45) is 0.602. The summed E-state index contributed by atoms with van der Waals surface area (Å²) >= 11 is 0. The minimum Gasteiger partial charge on any atom is -0.494 e. The Labute approximate surface area is 112 Å². The molecular formula is C16H16O3. The Balaban J connectivity index is 2.04. The Kier molecular flexibility index (Phi) is 4.70. The first-order valence-corrected chi connectivity index (χ1v) is 6.25. The van der Waals surface area contributed by atoms with Gasteiger partial charge in [-0.3, -0.25) is 4.79 Å². The van der Waals surface area contributed by atoms with Gasteiger partial charge in [-0.15, -0.1) is 0 Å². The van der Waals surface area contributed by atoms with Crippen LogP contribution in [0.15, 0.2) is 54.6 Å². The molecule has 0 atom stereocenters. The van der Waals surface area contributed by atoms with Crippen LogP contribution in [0.4, 0.5) is 0 Å².